The second kappa shape index (κ2) is 4.89. The van der Waals surface area contributed by atoms with Gasteiger partial charge in [0.1, 0.15) is 4.60 Å². The Labute approximate surface area is 115 Å². The number of pyridine rings is 1. The van der Waals surface area contributed by atoms with E-state index in [9.17, 15) is 8.42 Å². The predicted octanol–water partition coefficient (Wildman–Crippen LogP) is 2.75. The highest BCUT2D eigenvalue weighted by molar-refractivity contribution is 9.10. The summed E-state index contributed by atoms with van der Waals surface area (Å²) in [5.74, 6) is 0. The van der Waals surface area contributed by atoms with E-state index in [0.717, 1.165) is 11.3 Å². The minimum absolute atomic E-state index is 0.0606. The van der Waals surface area contributed by atoms with Gasteiger partial charge in [-0.2, -0.15) is 0 Å². The molecule has 5 nitrogen and oxygen atoms in total. The van der Waals surface area contributed by atoms with Crippen LogP contribution in [-0.4, -0.2) is 18.4 Å². The van der Waals surface area contributed by atoms with E-state index in [1.54, 1.807) is 12.1 Å². The van der Waals surface area contributed by atoms with Crippen molar-refractivity contribution >= 4 is 54.6 Å². The molecule has 0 radical (unpaired) electrons. The minimum atomic E-state index is -3.64. The number of nitrogens with zero attached hydrogens (tertiary/aromatic N) is 2. The van der Waals surface area contributed by atoms with E-state index in [-0.39, 0.29) is 8.68 Å². The average molecular weight is 355 g/mol. The summed E-state index contributed by atoms with van der Waals surface area (Å²) in [5, 5.41) is 0. The van der Waals surface area contributed by atoms with Crippen molar-refractivity contribution in [1.82, 2.24) is 9.97 Å². The molecule has 0 aliphatic heterocycles. The van der Waals surface area contributed by atoms with Crippen LogP contribution in [0.3, 0.4) is 0 Å². The lowest BCUT2D eigenvalue weighted by atomic mass is 10.4. The molecule has 0 aliphatic rings. The number of hydrogen-bond donors (Lipinski definition) is 1. The van der Waals surface area contributed by atoms with Crippen LogP contribution in [0.5, 0.6) is 0 Å². The summed E-state index contributed by atoms with van der Waals surface area (Å²) in [5.41, 5.74) is 0.373. The molecule has 0 amide bonds. The van der Waals surface area contributed by atoms with Gasteiger partial charge in [0, 0.05) is 0 Å². The summed E-state index contributed by atoms with van der Waals surface area (Å²) in [6.07, 6.45) is 2.62. The van der Waals surface area contributed by atoms with Crippen LogP contribution in [0.2, 0.25) is 4.47 Å². The summed E-state index contributed by atoms with van der Waals surface area (Å²) in [6, 6.07) is 3.23. The second-order valence-electron chi connectivity index (χ2n) is 2.91. The van der Waals surface area contributed by atoms with Crippen molar-refractivity contribution in [3.05, 3.63) is 33.6 Å². The third-order valence-electron chi connectivity index (χ3n) is 1.70. The molecule has 0 aliphatic carbocycles. The Balaban J connectivity index is 2.26. The smallest absolute Gasteiger partial charge is 0.273 e. The fraction of sp³-hybridized carbons (Fsp3) is 0. The van der Waals surface area contributed by atoms with Crippen molar-refractivity contribution < 1.29 is 8.42 Å². The van der Waals surface area contributed by atoms with E-state index in [4.69, 9.17) is 11.6 Å². The highest BCUT2D eigenvalue weighted by Crippen LogP contribution is 2.24. The third kappa shape index (κ3) is 3.15. The number of halogens is 2. The molecule has 0 saturated heterocycles. The Kier molecular flexibility index (Phi) is 3.67. The van der Waals surface area contributed by atoms with Crippen LogP contribution >= 0.6 is 38.9 Å². The SMILES string of the molecule is O=S(=O)(Nc1ccc(Br)nc1)c1cnc(Cl)s1. The zero-order valence-electron chi connectivity index (χ0n) is 8.09. The van der Waals surface area contributed by atoms with Gasteiger partial charge in [0.2, 0.25) is 0 Å². The Morgan fingerprint density at radius 3 is 2.59 bits per heavy atom. The highest BCUT2D eigenvalue weighted by atomic mass is 79.9. The summed E-state index contributed by atoms with van der Waals surface area (Å²) >= 11 is 9.64. The second-order valence-corrected chi connectivity index (χ2v) is 7.24. The molecule has 17 heavy (non-hydrogen) atoms. The molecule has 2 aromatic heterocycles. The standard InChI is InChI=1S/C8H5BrClN3O2S2/c9-6-2-1-5(3-11-6)13-17(14,15)7-4-12-8(10)16-7/h1-4,13H. The van der Waals surface area contributed by atoms with E-state index in [1.807, 2.05) is 0 Å². The van der Waals surface area contributed by atoms with Crippen molar-refractivity contribution in [2.24, 2.45) is 0 Å². The zero-order chi connectivity index (χ0) is 12.5. The first-order chi connectivity index (χ1) is 7.97. The number of hydrogen-bond acceptors (Lipinski definition) is 5. The molecular formula is C8H5BrClN3O2S2. The van der Waals surface area contributed by atoms with Crippen molar-refractivity contribution in [3.8, 4) is 0 Å². The van der Waals surface area contributed by atoms with Crippen LogP contribution in [0, 0.1) is 0 Å². The fourth-order valence-electron chi connectivity index (χ4n) is 1.01. The Morgan fingerprint density at radius 1 is 1.29 bits per heavy atom. The van der Waals surface area contributed by atoms with Crippen LogP contribution in [-0.2, 0) is 10.0 Å². The molecule has 2 heterocycles. The van der Waals surface area contributed by atoms with Gasteiger partial charge >= 0.3 is 0 Å². The number of nitrogens with one attached hydrogen (secondary N) is 1. The summed E-state index contributed by atoms with van der Waals surface area (Å²) in [6.45, 7) is 0. The van der Waals surface area contributed by atoms with Crippen molar-refractivity contribution in [1.29, 1.82) is 0 Å². The maximum absolute atomic E-state index is 11.9. The number of sulfonamides is 1. The lowest BCUT2D eigenvalue weighted by Crippen LogP contribution is -2.11. The molecule has 1 N–H and O–H groups in total. The lowest BCUT2D eigenvalue weighted by Gasteiger charge is -2.04. The Hall–Kier alpha value is -0.700. The molecule has 2 aromatic rings. The molecule has 0 atom stereocenters. The quantitative estimate of drug-likeness (QED) is 0.860. The molecule has 0 aromatic carbocycles. The van der Waals surface area contributed by atoms with Crippen LogP contribution in [0.25, 0.3) is 0 Å². The molecular weight excluding hydrogens is 350 g/mol. The van der Waals surface area contributed by atoms with Crippen molar-refractivity contribution in [2.45, 2.75) is 4.21 Å². The molecule has 9 heteroatoms. The molecule has 90 valence electrons. The highest BCUT2D eigenvalue weighted by Gasteiger charge is 2.17. The third-order valence-corrected chi connectivity index (χ3v) is 5.13. The first-order valence-electron chi connectivity index (χ1n) is 4.23. The average Bonchev–Trinajstić information content (AvgIpc) is 2.69. The van der Waals surface area contributed by atoms with E-state index < -0.39 is 10.0 Å². The van der Waals surface area contributed by atoms with Crippen molar-refractivity contribution in [2.75, 3.05) is 4.72 Å². The van der Waals surface area contributed by atoms with Gasteiger partial charge in [-0.05, 0) is 28.1 Å². The first-order valence-corrected chi connectivity index (χ1v) is 7.70. The molecule has 0 saturated carbocycles. The summed E-state index contributed by atoms with van der Waals surface area (Å²) in [4.78, 5) is 7.59. The largest absolute Gasteiger partial charge is 0.277 e. The summed E-state index contributed by atoms with van der Waals surface area (Å²) in [7, 11) is -3.64. The number of rotatable bonds is 3. The van der Waals surface area contributed by atoms with Gasteiger partial charge in [0.05, 0.1) is 18.1 Å². The fourth-order valence-corrected chi connectivity index (χ4v) is 3.58. The van der Waals surface area contributed by atoms with Gasteiger partial charge in [-0.3, -0.25) is 4.72 Å². The van der Waals surface area contributed by atoms with Crippen LogP contribution < -0.4 is 4.72 Å². The number of anilines is 1. The molecule has 2 rings (SSSR count). The molecule has 0 spiro atoms. The summed E-state index contributed by atoms with van der Waals surface area (Å²) < 4.78 is 27.0. The number of aromatic nitrogens is 2. The van der Waals surface area contributed by atoms with E-state index >= 15 is 0 Å². The first kappa shape index (κ1) is 12.7. The van der Waals surface area contributed by atoms with Crippen molar-refractivity contribution in [3.63, 3.8) is 0 Å². The van der Waals surface area contributed by atoms with Gasteiger partial charge in [-0.1, -0.05) is 22.9 Å². The normalized spacial score (nSPS) is 11.4. The van der Waals surface area contributed by atoms with E-state index in [0.29, 0.717) is 10.3 Å². The Bertz CT molecular complexity index is 626. The van der Waals surface area contributed by atoms with Gasteiger partial charge in [0.15, 0.2) is 8.68 Å². The lowest BCUT2D eigenvalue weighted by molar-refractivity contribution is 0.603. The van der Waals surface area contributed by atoms with E-state index in [2.05, 4.69) is 30.6 Å². The van der Waals surface area contributed by atoms with Crippen LogP contribution in [0.1, 0.15) is 0 Å². The molecule has 0 bridgehead atoms. The van der Waals surface area contributed by atoms with Gasteiger partial charge in [-0.15, -0.1) is 0 Å². The van der Waals surface area contributed by atoms with Gasteiger partial charge in [0.25, 0.3) is 10.0 Å². The van der Waals surface area contributed by atoms with Crippen LogP contribution in [0.4, 0.5) is 5.69 Å². The number of thiazole rings is 1. The molecule has 0 unspecified atom stereocenters. The van der Waals surface area contributed by atoms with Gasteiger partial charge < -0.3 is 0 Å². The Morgan fingerprint density at radius 2 is 2.06 bits per heavy atom. The van der Waals surface area contributed by atoms with E-state index in [1.165, 1.54) is 12.4 Å². The maximum Gasteiger partial charge on any atom is 0.273 e. The topological polar surface area (TPSA) is 72.0 Å². The molecule has 0 fully saturated rings. The monoisotopic (exact) mass is 353 g/mol. The maximum atomic E-state index is 11.9. The van der Waals surface area contributed by atoms with Crippen LogP contribution in [0.15, 0.2) is 33.3 Å². The zero-order valence-corrected chi connectivity index (χ0v) is 12.1. The van der Waals surface area contributed by atoms with Gasteiger partial charge in [-0.25, -0.2) is 18.4 Å². The minimum Gasteiger partial charge on any atom is -0.277 e. The predicted molar refractivity (Wildman–Crippen MR) is 69.9 cm³/mol.